The molecular formula is C15H25ClN4O3. The Kier molecular flexibility index (Phi) is 6.41. The average molecular weight is 345 g/mol. The molecule has 3 heterocycles. The summed E-state index contributed by atoms with van der Waals surface area (Å²) in [5.41, 5.74) is 6.39. The predicted octanol–water partition coefficient (Wildman–Crippen LogP) is 1.42. The van der Waals surface area contributed by atoms with Gasteiger partial charge in [0.15, 0.2) is 5.82 Å². The lowest BCUT2D eigenvalue weighted by Crippen LogP contribution is -2.46. The molecule has 3 rings (SSSR count). The molecule has 0 radical (unpaired) electrons. The van der Waals surface area contributed by atoms with Crippen molar-refractivity contribution in [2.75, 3.05) is 38.3 Å². The van der Waals surface area contributed by atoms with Gasteiger partial charge in [0.25, 0.3) is 0 Å². The molecule has 130 valence electrons. The van der Waals surface area contributed by atoms with Gasteiger partial charge in [0.2, 0.25) is 5.91 Å². The van der Waals surface area contributed by atoms with Gasteiger partial charge in [-0.15, -0.1) is 12.4 Å². The molecule has 8 heteroatoms. The van der Waals surface area contributed by atoms with Crippen LogP contribution in [0.3, 0.4) is 0 Å². The lowest BCUT2D eigenvalue weighted by Gasteiger charge is -2.34. The van der Waals surface area contributed by atoms with E-state index in [1.54, 1.807) is 0 Å². The Hall–Kier alpha value is -1.15. The highest BCUT2D eigenvalue weighted by Gasteiger charge is 2.39. The van der Waals surface area contributed by atoms with E-state index < -0.39 is 5.41 Å². The molecule has 2 aliphatic rings. The number of carbonyl (C=O) groups excluding carboxylic acids is 1. The van der Waals surface area contributed by atoms with Gasteiger partial charge in [0, 0.05) is 50.7 Å². The van der Waals surface area contributed by atoms with Gasteiger partial charge in [-0.05, 0) is 25.7 Å². The highest BCUT2D eigenvalue weighted by Crippen LogP contribution is 2.31. The van der Waals surface area contributed by atoms with E-state index in [2.05, 4.69) is 15.5 Å². The molecule has 1 aromatic rings. The number of anilines is 1. The Bertz CT molecular complexity index is 511. The minimum atomic E-state index is -0.532. The summed E-state index contributed by atoms with van der Waals surface area (Å²) in [4.78, 5) is 12.6. The van der Waals surface area contributed by atoms with Crippen LogP contribution in [0.2, 0.25) is 0 Å². The molecule has 23 heavy (non-hydrogen) atoms. The highest BCUT2D eigenvalue weighted by molar-refractivity contribution is 5.94. The van der Waals surface area contributed by atoms with Gasteiger partial charge < -0.3 is 20.5 Å². The molecular weight excluding hydrogens is 320 g/mol. The van der Waals surface area contributed by atoms with Crippen molar-refractivity contribution in [2.45, 2.75) is 31.6 Å². The molecule has 1 aromatic heterocycles. The van der Waals surface area contributed by atoms with Gasteiger partial charge in [-0.25, -0.2) is 0 Å². The standard InChI is InChI=1S/C15H24N4O3.ClH/c16-10-15(3-7-22-8-4-15)14(20)17-13-9-12(18-19-13)11-1-5-21-6-2-11;/h9,11H,1-8,10,16H2,(H2,17,18,19,20);1H. The largest absolute Gasteiger partial charge is 0.381 e. The van der Waals surface area contributed by atoms with Crippen LogP contribution >= 0.6 is 12.4 Å². The summed E-state index contributed by atoms with van der Waals surface area (Å²) in [7, 11) is 0. The summed E-state index contributed by atoms with van der Waals surface area (Å²) < 4.78 is 10.7. The fourth-order valence-electron chi connectivity index (χ4n) is 3.15. The number of hydrogen-bond donors (Lipinski definition) is 3. The van der Waals surface area contributed by atoms with Gasteiger partial charge in [0.05, 0.1) is 5.41 Å². The van der Waals surface area contributed by atoms with Crippen LogP contribution < -0.4 is 11.1 Å². The molecule has 2 aliphatic heterocycles. The van der Waals surface area contributed by atoms with Crippen molar-refractivity contribution in [3.05, 3.63) is 11.8 Å². The first-order valence-electron chi connectivity index (χ1n) is 7.96. The molecule has 0 bridgehead atoms. The second kappa shape index (κ2) is 8.10. The van der Waals surface area contributed by atoms with Crippen molar-refractivity contribution in [2.24, 2.45) is 11.1 Å². The van der Waals surface area contributed by atoms with E-state index in [4.69, 9.17) is 15.2 Å². The number of hydrogen-bond acceptors (Lipinski definition) is 5. The van der Waals surface area contributed by atoms with Crippen molar-refractivity contribution >= 4 is 24.1 Å². The first kappa shape index (κ1) is 18.2. The Morgan fingerprint density at radius 2 is 1.96 bits per heavy atom. The van der Waals surface area contributed by atoms with Gasteiger partial charge >= 0.3 is 0 Å². The number of halogens is 1. The first-order valence-corrected chi connectivity index (χ1v) is 7.96. The zero-order valence-electron chi connectivity index (χ0n) is 13.2. The summed E-state index contributed by atoms with van der Waals surface area (Å²) in [5.74, 6) is 0.951. The van der Waals surface area contributed by atoms with Crippen molar-refractivity contribution in [3.8, 4) is 0 Å². The highest BCUT2D eigenvalue weighted by atomic mass is 35.5. The van der Waals surface area contributed by atoms with Crippen LogP contribution in [0.4, 0.5) is 5.82 Å². The van der Waals surface area contributed by atoms with Gasteiger partial charge in [-0.2, -0.15) is 5.10 Å². The lowest BCUT2D eigenvalue weighted by atomic mass is 9.79. The smallest absolute Gasteiger partial charge is 0.233 e. The summed E-state index contributed by atoms with van der Waals surface area (Å²) in [6.45, 7) is 3.06. The molecule has 1 amide bonds. The van der Waals surface area contributed by atoms with Crippen LogP contribution in [0.5, 0.6) is 0 Å². The van der Waals surface area contributed by atoms with Crippen LogP contribution in [0.15, 0.2) is 6.07 Å². The average Bonchev–Trinajstić information content (AvgIpc) is 3.05. The molecule has 0 saturated carbocycles. The van der Waals surface area contributed by atoms with E-state index in [-0.39, 0.29) is 18.3 Å². The third-order valence-corrected chi connectivity index (χ3v) is 4.82. The SMILES string of the molecule is Cl.NCC1(C(=O)Nc2cc(C3CCOCC3)[nH]n2)CCOCC1. The number of aromatic amines is 1. The quantitative estimate of drug-likeness (QED) is 0.766. The lowest BCUT2D eigenvalue weighted by molar-refractivity contribution is -0.130. The maximum atomic E-state index is 12.6. The number of nitrogens with zero attached hydrogens (tertiary/aromatic N) is 1. The Morgan fingerprint density at radius 3 is 2.61 bits per heavy atom. The fourth-order valence-corrected chi connectivity index (χ4v) is 3.15. The zero-order chi connectivity index (χ0) is 15.4. The molecule has 0 aromatic carbocycles. The van der Waals surface area contributed by atoms with Crippen molar-refractivity contribution < 1.29 is 14.3 Å². The van der Waals surface area contributed by atoms with Crippen LogP contribution in [0.25, 0.3) is 0 Å². The number of nitrogens with one attached hydrogen (secondary N) is 2. The van der Waals surface area contributed by atoms with Crippen molar-refractivity contribution in [1.29, 1.82) is 0 Å². The number of aromatic nitrogens is 2. The molecule has 2 fully saturated rings. The molecule has 0 unspecified atom stereocenters. The number of ether oxygens (including phenoxy) is 2. The number of H-pyrrole nitrogens is 1. The van der Waals surface area contributed by atoms with E-state index >= 15 is 0 Å². The third kappa shape index (κ3) is 4.03. The van der Waals surface area contributed by atoms with Gasteiger partial charge in [-0.3, -0.25) is 9.89 Å². The number of amides is 1. The maximum Gasteiger partial charge on any atom is 0.233 e. The molecule has 0 atom stereocenters. The van der Waals surface area contributed by atoms with Gasteiger partial charge in [-0.1, -0.05) is 0 Å². The summed E-state index contributed by atoms with van der Waals surface area (Å²) in [6, 6.07) is 1.93. The van der Waals surface area contributed by atoms with Crippen LogP contribution in [0.1, 0.15) is 37.3 Å². The predicted molar refractivity (Wildman–Crippen MR) is 88.8 cm³/mol. The summed E-state index contributed by atoms with van der Waals surface area (Å²) in [5, 5.41) is 10.2. The maximum absolute atomic E-state index is 12.6. The van der Waals surface area contributed by atoms with E-state index in [0.29, 0.717) is 44.3 Å². The fraction of sp³-hybridized carbons (Fsp3) is 0.733. The van der Waals surface area contributed by atoms with Crippen LogP contribution in [-0.4, -0.2) is 49.1 Å². The number of rotatable bonds is 4. The molecule has 2 saturated heterocycles. The minimum absolute atomic E-state index is 0. The zero-order valence-corrected chi connectivity index (χ0v) is 14.0. The summed E-state index contributed by atoms with van der Waals surface area (Å²) >= 11 is 0. The first-order chi connectivity index (χ1) is 10.7. The molecule has 0 aliphatic carbocycles. The normalized spacial score (nSPS) is 21.4. The van der Waals surface area contributed by atoms with E-state index in [1.165, 1.54) is 0 Å². The molecule has 7 nitrogen and oxygen atoms in total. The second-order valence-corrected chi connectivity index (χ2v) is 6.15. The van der Waals surface area contributed by atoms with E-state index in [9.17, 15) is 4.79 Å². The van der Waals surface area contributed by atoms with Gasteiger partial charge in [0.1, 0.15) is 0 Å². The summed E-state index contributed by atoms with van der Waals surface area (Å²) in [6.07, 6.45) is 3.29. The Morgan fingerprint density at radius 1 is 1.30 bits per heavy atom. The van der Waals surface area contributed by atoms with Crippen LogP contribution in [-0.2, 0) is 14.3 Å². The monoisotopic (exact) mass is 344 g/mol. The topological polar surface area (TPSA) is 102 Å². The second-order valence-electron chi connectivity index (χ2n) is 6.15. The van der Waals surface area contributed by atoms with Crippen molar-refractivity contribution in [3.63, 3.8) is 0 Å². The minimum Gasteiger partial charge on any atom is -0.381 e. The van der Waals surface area contributed by atoms with E-state index in [1.807, 2.05) is 6.07 Å². The Labute approximate surface area is 142 Å². The van der Waals surface area contributed by atoms with Crippen molar-refractivity contribution in [1.82, 2.24) is 10.2 Å². The molecule has 4 N–H and O–H groups in total. The van der Waals surface area contributed by atoms with E-state index in [0.717, 1.165) is 31.7 Å². The van der Waals surface area contributed by atoms with Crippen LogP contribution in [0, 0.1) is 5.41 Å². The number of nitrogens with two attached hydrogens (primary N) is 1. The Balaban J connectivity index is 0.00000192. The third-order valence-electron chi connectivity index (χ3n) is 4.82. The molecule has 0 spiro atoms. The number of carbonyl (C=O) groups is 1.